The predicted octanol–water partition coefficient (Wildman–Crippen LogP) is 5.46. The molecule has 140 valence electrons. The molecule has 3 nitrogen and oxygen atoms in total. The van der Waals surface area contributed by atoms with Crippen molar-refractivity contribution in [2.24, 2.45) is 5.92 Å². The van der Waals surface area contributed by atoms with E-state index in [4.69, 9.17) is 16.6 Å². The Bertz CT molecular complexity index is 711. The third-order valence-corrected chi connectivity index (χ3v) is 6.13. The molecule has 0 N–H and O–H groups in total. The zero-order valence-corrected chi connectivity index (χ0v) is 16.6. The lowest BCUT2D eigenvalue weighted by Gasteiger charge is -2.22. The largest absolute Gasteiger partial charge is 0.306 e. The van der Waals surface area contributed by atoms with E-state index in [0.717, 1.165) is 23.9 Å². The average Bonchev–Trinajstić information content (AvgIpc) is 3.37. The van der Waals surface area contributed by atoms with Crippen LogP contribution in [0.4, 0.5) is 0 Å². The van der Waals surface area contributed by atoms with Gasteiger partial charge in [0.05, 0.1) is 5.69 Å². The molecule has 1 aromatic heterocycles. The fraction of sp³-hybridized carbons (Fsp3) is 0.591. The highest BCUT2D eigenvalue weighted by Crippen LogP contribution is 2.34. The van der Waals surface area contributed by atoms with Crippen molar-refractivity contribution in [2.75, 3.05) is 20.1 Å². The summed E-state index contributed by atoms with van der Waals surface area (Å²) in [6.07, 6.45) is 12.7. The maximum Gasteiger partial charge on any atom is 0.116 e. The molecule has 2 fully saturated rings. The lowest BCUT2D eigenvalue weighted by molar-refractivity contribution is 0.323. The summed E-state index contributed by atoms with van der Waals surface area (Å²) in [7, 11) is 2.25. The molecule has 0 unspecified atom stereocenters. The van der Waals surface area contributed by atoms with Gasteiger partial charge < -0.3 is 9.47 Å². The fourth-order valence-electron chi connectivity index (χ4n) is 4.16. The van der Waals surface area contributed by atoms with E-state index in [9.17, 15) is 0 Å². The molecule has 4 rings (SSSR count). The second-order valence-corrected chi connectivity index (χ2v) is 8.66. The number of hydrogen-bond donors (Lipinski definition) is 0. The van der Waals surface area contributed by atoms with Gasteiger partial charge in [0.1, 0.15) is 5.82 Å². The zero-order valence-electron chi connectivity index (χ0n) is 15.8. The van der Waals surface area contributed by atoms with Crippen molar-refractivity contribution < 1.29 is 0 Å². The van der Waals surface area contributed by atoms with E-state index in [-0.39, 0.29) is 0 Å². The predicted molar refractivity (Wildman–Crippen MR) is 108 cm³/mol. The number of likely N-dealkylation sites (N-methyl/N-ethyl adjacent to an activating group) is 1. The maximum atomic E-state index is 6.09. The fourth-order valence-corrected chi connectivity index (χ4v) is 4.29. The standard InChI is InChI=1S/C22H30ClN3/c1-25(15-17-7-8-17)14-13-20-16-26(21-11-9-19(23)10-12-21)22(24-20)18-5-3-2-4-6-18/h9-12,16-18H,2-8,13-15H2,1H3. The Hall–Kier alpha value is -1.32. The van der Waals surface area contributed by atoms with Crippen molar-refractivity contribution in [3.05, 3.63) is 47.0 Å². The Morgan fingerprint density at radius 3 is 2.50 bits per heavy atom. The van der Waals surface area contributed by atoms with Crippen LogP contribution in [0.2, 0.25) is 5.02 Å². The van der Waals surface area contributed by atoms with E-state index in [0.29, 0.717) is 5.92 Å². The van der Waals surface area contributed by atoms with Gasteiger partial charge in [0.15, 0.2) is 0 Å². The van der Waals surface area contributed by atoms with Gasteiger partial charge in [-0.25, -0.2) is 4.98 Å². The summed E-state index contributed by atoms with van der Waals surface area (Å²) in [6.45, 7) is 2.34. The van der Waals surface area contributed by atoms with Crippen LogP contribution in [0, 0.1) is 5.92 Å². The summed E-state index contributed by atoms with van der Waals surface area (Å²) in [5.41, 5.74) is 2.41. The first-order valence-electron chi connectivity index (χ1n) is 10.2. The number of nitrogens with zero attached hydrogens (tertiary/aromatic N) is 3. The number of aromatic nitrogens is 2. The van der Waals surface area contributed by atoms with E-state index < -0.39 is 0 Å². The smallest absolute Gasteiger partial charge is 0.116 e. The van der Waals surface area contributed by atoms with Crippen molar-refractivity contribution in [3.8, 4) is 5.69 Å². The van der Waals surface area contributed by atoms with E-state index in [1.54, 1.807) is 0 Å². The van der Waals surface area contributed by atoms with Crippen LogP contribution in [0.1, 0.15) is 62.4 Å². The normalized spacial score (nSPS) is 18.6. The molecule has 2 aliphatic rings. The minimum atomic E-state index is 0.595. The summed E-state index contributed by atoms with van der Waals surface area (Å²) in [5, 5.41) is 0.787. The summed E-state index contributed by atoms with van der Waals surface area (Å²) in [5.74, 6) is 2.80. The van der Waals surface area contributed by atoms with Gasteiger partial charge >= 0.3 is 0 Å². The molecule has 0 spiro atoms. The van der Waals surface area contributed by atoms with E-state index in [1.807, 2.05) is 12.1 Å². The molecule has 0 atom stereocenters. The Kier molecular flexibility index (Phi) is 5.66. The van der Waals surface area contributed by atoms with Gasteiger partial charge in [0.2, 0.25) is 0 Å². The SMILES string of the molecule is CN(CCc1cn(-c2ccc(Cl)cc2)c(C2CCCCC2)n1)CC1CC1. The van der Waals surface area contributed by atoms with Crippen LogP contribution >= 0.6 is 11.6 Å². The first-order chi connectivity index (χ1) is 12.7. The molecule has 2 aromatic rings. The van der Waals surface area contributed by atoms with Crippen LogP contribution in [0.3, 0.4) is 0 Å². The molecular formula is C22H30ClN3. The Morgan fingerprint density at radius 2 is 1.81 bits per heavy atom. The first kappa shape index (κ1) is 18.1. The number of halogens is 1. The quantitative estimate of drug-likeness (QED) is 0.644. The van der Waals surface area contributed by atoms with Gasteiger partial charge in [-0.1, -0.05) is 30.9 Å². The van der Waals surface area contributed by atoms with Crippen molar-refractivity contribution >= 4 is 11.6 Å². The monoisotopic (exact) mass is 371 g/mol. The first-order valence-corrected chi connectivity index (χ1v) is 10.6. The molecule has 26 heavy (non-hydrogen) atoms. The molecule has 1 heterocycles. The van der Waals surface area contributed by atoms with Gasteiger partial charge in [-0.15, -0.1) is 0 Å². The van der Waals surface area contributed by atoms with Crippen LogP contribution in [-0.2, 0) is 6.42 Å². The van der Waals surface area contributed by atoms with E-state index >= 15 is 0 Å². The molecule has 0 radical (unpaired) electrons. The highest BCUT2D eigenvalue weighted by molar-refractivity contribution is 6.30. The van der Waals surface area contributed by atoms with Crippen molar-refractivity contribution in [2.45, 2.75) is 57.3 Å². The molecule has 0 bridgehead atoms. The van der Waals surface area contributed by atoms with Crippen molar-refractivity contribution in [1.82, 2.24) is 14.5 Å². The highest BCUT2D eigenvalue weighted by atomic mass is 35.5. The van der Waals surface area contributed by atoms with Gasteiger partial charge in [0.25, 0.3) is 0 Å². The molecule has 2 aliphatic carbocycles. The molecule has 0 aliphatic heterocycles. The molecule has 0 amide bonds. The summed E-state index contributed by atoms with van der Waals surface area (Å²) < 4.78 is 2.32. The lowest BCUT2D eigenvalue weighted by Crippen LogP contribution is -2.23. The third-order valence-electron chi connectivity index (χ3n) is 5.87. The zero-order chi connectivity index (χ0) is 17.9. The second-order valence-electron chi connectivity index (χ2n) is 8.23. The van der Waals surface area contributed by atoms with Crippen molar-refractivity contribution in [1.29, 1.82) is 0 Å². The summed E-state index contributed by atoms with van der Waals surface area (Å²) >= 11 is 6.09. The van der Waals surface area contributed by atoms with Crippen LogP contribution in [0.25, 0.3) is 5.69 Å². The Morgan fingerprint density at radius 1 is 1.08 bits per heavy atom. The van der Waals surface area contributed by atoms with Crippen LogP contribution in [0.5, 0.6) is 0 Å². The minimum Gasteiger partial charge on any atom is -0.306 e. The van der Waals surface area contributed by atoms with E-state index in [2.05, 4.69) is 34.8 Å². The van der Waals surface area contributed by atoms with Crippen LogP contribution in [-0.4, -0.2) is 34.6 Å². The Balaban J connectivity index is 1.53. The van der Waals surface area contributed by atoms with Gasteiger partial charge in [-0.05, 0) is 62.9 Å². The second kappa shape index (κ2) is 8.14. The lowest BCUT2D eigenvalue weighted by atomic mass is 9.88. The maximum absolute atomic E-state index is 6.09. The number of imidazole rings is 1. The van der Waals surface area contributed by atoms with Crippen LogP contribution in [0.15, 0.2) is 30.5 Å². The highest BCUT2D eigenvalue weighted by Gasteiger charge is 2.24. The number of rotatable bonds is 7. The van der Waals surface area contributed by atoms with Crippen LogP contribution < -0.4 is 0 Å². The van der Waals surface area contributed by atoms with Gasteiger partial charge in [-0.3, -0.25) is 0 Å². The summed E-state index contributed by atoms with van der Waals surface area (Å²) in [6, 6.07) is 8.17. The molecular weight excluding hydrogens is 342 g/mol. The summed E-state index contributed by atoms with van der Waals surface area (Å²) in [4.78, 5) is 7.57. The van der Waals surface area contributed by atoms with E-state index in [1.165, 1.54) is 68.7 Å². The van der Waals surface area contributed by atoms with Gasteiger partial charge in [0, 0.05) is 42.3 Å². The average molecular weight is 372 g/mol. The number of benzene rings is 1. The molecule has 0 saturated heterocycles. The third kappa shape index (κ3) is 4.50. The minimum absolute atomic E-state index is 0.595. The number of hydrogen-bond acceptors (Lipinski definition) is 2. The molecule has 2 saturated carbocycles. The molecule has 4 heteroatoms. The van der Waals surface area contributed by atoms with Crippen molar-refractivity contribution in [3.63, 3.8) is 0 Å². The Labute approximate surface area is 162 Å². The van der Waals surface area contributed by atoms with Gasteiger partial charge in [-0.2, -0.15) is 0 Å². The molecule has 1 aromatic carbocycles. The topological polar surface area (TPSA) is 21.1 Å².